The second-order valence-electron chi connectivity index (χ2n) is 3.75. The maximum Gasteiger partial charge on any atom is 0.234 e. The average Bonchev–Trinajstić information content (AvgIpc) is 2.92. The van der Waals surface area contributed by atoms with Crippen LogP contribution >= 0.6 is 11.3 Å². The summed E-state index contributed by atoms with van der Waals surface area (Å²) < 4.78 is 6.52. The summed E-state index contributed by atoms with van der Waals surface area (Å²) in [5, 5.41) is 15.6. The lowest BCUT2D eigenvalue weighted by Gasteiger charge is -2.03. The lowest BCUT2D eigenvalue weighted by molar-refractivity contribution is -0.121. The Bertz CT molecular complexity index is 481. The zero-order valence-electron chi connectivity index (χ0n) is 10.1. The van der Waals surface area contributed by atoms with Crippen LogP contribution in [0.3, 0.4) is 0 Å². The molecule has 0 aromatic carbocycles. The number of aromatic nitrogens is 4. The Morgan fingerprint density at radius 2 is 2.50 bits per heavy atom. The molecule has 98 valence electrons. The van der Waals surface area contributed by atoms with E-state index in [1.807, 2.05) is 0 Å². The third kappa shape index (κ3) is 3.47. The van der Waals surface area contributed by atoms with Crippen LogP contribution < -0.4 is 5.32 Å². The molecule has 0 saturated heterocycles. The molecular formula is C10H15N5O2S. The minimum atomic E-state index is 0.0390. The highest BCUT2D eigenvalue weighted by Gasteiger charge is 2.07. The highest BCUT2D eigenvalue weighted by Crippen LogP contribution is 2.12. The molecule has 1 N–H and O–H groups in total. The van der Waals surface area contributed by atoms with Crippen LogP contribution in [0.1, 0.15) is 17.8 Å². The van der Waals surface area contributed by atoms with Gasteiger partial charge in [0.05, 0.1) is 0 Å². The Hall–Kier alpha value is -1.54. The van der Waals surface area contributed by atoms with Crippen molar-refractivity contribution < 1.29 is 9.53 Å². The molecule has 0 aliphatic rings. The van der Waals surface area contributed by atoms with Gasteiger partial charge in [-0.1, -0.05) is 11.3 Å². The van der Waals surface area contributed by atoms with Crippen LogP contribution in [0.25, 0.3) is 4.96 Å². The molecule has 0 unspecified atom stereocenters. The summed E-state index contributed by atoms with van der Waals surface area (Å²) in [4.78, 5) is 12.3. The maximum absolute atomic E-state index is 11.5. The highest BCUT2D eigenvalue weighted by atomic mass is 32.1. The van der Waals surface area contributed by atoms with Crippen LogP contribution in [0.2, 0.25) is 0 Å². The molecule has 0 bridgehead atoms. The van der Waals surface area contributed by atoms with Gasteiger partial charge in [-0.15, -0.1) is 10.2 Å². The van der Waals surface area contributed by atoms with Crippen LogP contribution in [0.5, 0.6) is 0 Å². The number of ether oxygens (including phenoxy) is 1. The first-order valence-corrected chi connectivity index (χ1v) is 6.52. The Morgan fingerprint density at radius 3 is 3.28 bits per heavy atom. The Kier molecular flexibility index (Phi) is 4.59. The summed E-state index contributed by atoms with van der Waals surface area (Å²) in [6.07, 6.45) is 3.46. The lowest BCUT2D eigenvalue weighted by atomic mass is 10.3. The van der Waals surface area contributed by atoms with Gasteiger partial charge in [0.25, 0.3) is 0 Å². The molecule has 2 aromatic rings. The van der Waals surface area contributed by atoms with Gasteiger partial charge < -0.3 is 10.1 Å². The molecule has 18 heavy (non-hydrogen) atoms. The molecule has 0 aliphatic heterocycles. The molecule has 0 radical (unpaired) electrons. The van der Waals surface area contributed by atoms with Crippen molar-refractivity contribution in [3.63, 3.8) is 0 Å². The number of fused-ring (bicyclic) bond motifs is 1. The van der Waals surface area contributed by atoms with E-state index in [4.69, 9.17) is 4.74 Å². The second-order valence-corrected chi connectivity index (χ2v) is 4.79. The number of aryl methyl sites for hydroxylation is 1. The quantitative estimate of drug-likeness (QED) is 0.730. The number of hydrogen-bond donors (Lipinski definition) is 1. The first kappa shape index (κ1) is 12.9. The Morgan fingerprint density at radius 1 is 1.61 bits per heavy atom. The summed E-state index contributed by atoms with van der Waals surface area (Å²) in [6, 6.07) is 0. The molecule has 2 heterocycles. The molecule has 0 fully saturated rings. The lowest BCUT2D eigenvalue weighted by Crippen LogP contribution is -2.25. The van der Waals surface area contributed by atoms with Crippen molar-refractivity contribution in [1.82, 2.24) is 25.1 Å². The zero-order chi connectivity index (χ0) is 12.8. The molecule has 1 amide bonds. The van der Waals surface area contributed by atoms with Gasteiger partial charge in [0.15, 0.2) is 0 Å². The van der Waals surface area contributed by atoms with E-state index in [1.54, 1.807) is 18.0 Å². The van der Waals surface area contributed by atoms with Gasteiger partial charge in [-0.05, 0) is 6.42 Å². The molecule has 0 atom stereocenters. The Balaban J connectivity index is 1.71. The van der Waals surface area contributed by atoms with Crippen molar-refractivity contribution in [3.8, 4) is 0 Å². The van der Waals surface area contributed by atoms with Gasteiger partial charge in [0.1, 0.15) is 11.3 Å². The minimum absolute atomic E-state index is 0.0390. The van der Waals surface area contributed by atoms with Crippen LogP contribution in [-0.4, -0.2) is 46.0 Å². The molecular weight excluding hydrogens is 254 g/mol. The van der Waals surface area contributed by atoms with E-state index < -0.39 is 0 Å². The largest absolute Gasteiger partial charge is 0.385 e. The number of nitrogens with one attached hydrogen (secondary N) is 1. The van der Waals surface area contributed by atoms with E-state index >= 15 is 0 Å². The standard InChI is InChI=1S/C10H15N5O2S/c1-17-6-2-5-11-8(16)3-4-9-14-15-7-12-13-10(15)18-9/h7H,2-6H2,1H3,(H,11,16). The van der Waals surface area contributed by atoms with E-state index in [0.717, 1.165) is 16.4 Å². The number of amides is 1. The minimum Gasteiger partial charge on any atom is -0.385 e. The van der Waals surface area contributed by atoms with Crippen molar-refractivity contribution in [1.29, 1.82) is 0 Å². The number of methoxy groups -OCH3 is 1. The van der Waals surface area contributed by atoms with Gasteiger partial charge in [-0.2, -0.15) is 9.61 Å². The molecule has 7 nitrogen and oxygen atoms in total. The summed E-state index contributed by atoms with van der Waals surface area (Å²) >= 11 is 1.46. The van der Waals surface area contributed by atoms with Gasteiger partial charge in [0, 0.05) is 33.1 Å². The van der Waals surface area contributed by atoms with Gasteiger partial charge in [0.2, 0.25) is 10.9 Å². The van der Waals surface area contributed by atoms with Crippen molar-refractivity contribution in [2.75, 3.05) is 20.3 Å². The number of hydrogen-bond acceptors (Lipinski definition) is 6. The molecule has 0 saturated carbocycles. The van der Waals surface area contributed by atoms with Crippen molar-refractivity contribution >= 4 is 22.2 Å². The van der Waals surface area contributed by atoms with Gasteiger partial charge in [-0.3, -0.25) is 4.79 Å². The third-order valence-electron chi connectivity index (χ3n) is 2.34. The predicted molar refractivity (Wildman–Crippen MR) is 66.5 cm³/mol. The summed E-state index contributed by atoms with van der Waals surface area (Å²) in [5.41, 5.74) is 0. The van der Waals surface area contributed by atoms with E-state index in [1.165, 1.54) is 11.3 Å². The number of rotatable bonds is 7. The predicted octanol–water partition coefficient (Wildman–Crippen LogP) is 0.271. The fraction of sp³-hybridized carbons (Fsp3) is 0.600. The average molecular weight is 269 g/mol. The van der Waals surface area contributed by atoms with E-state index in [2.05, 4.69) is 20.6 Å². The van der Waals surface area contributed by atoms with E-state index in [9.17, 15) is 4.79 Å². The highest BCUT2D eigenvalue weighted by molar-refractivity contribution is 7.16. The van der Waals surface area contributed by atoms with E-state index in [0.29, 0.717) is 26.0 Å². The van der Waals surface area contributed by atoms with Crippen LogP contribution in [0.15, 0.2) is 6.33 Å². The van der Waals surface area contributed by atoms with E-state index in [-0.39, 0.29) is 5.91 Å². The molecule has 2 aromatic heterocycles. The zero-order valence-corrected chi connectivity index (χ0v) is 10.9. The number of carbonyl (C=O) groups is 1. The van der Waals surface area contributed by atoms with Crippen LogP contribution in [0.4, 0.5) is 0 Å². The first-order valence-electron chi connectivity index (χ1n) is 5.71. The fourth-order valence-corrected chi connectivity index (χ4v) is 2.27. The van der Waals surface area contributed by atoms with Crippen molar-refractivity contribution in [3.05, 3.63) is 11.3 Å². The van der Waals surface area contributed by atoms with Gasteiger partial charge in [-0.25, -0.2) is 0 Å². The summed E-state index contributed by atoms with van der Waals surface area (Å²) in [5.74, 6) is 0.0390. The number of nitrogens with zero attached hydrogens (tertiary/aromatic N) is 4. The van der Waals surface area contributed by atoms with Crippen LogP contribution in [-0.2, 0) is 16.0 Å². The van der Waals surface area contributed by atoms with Gasteiger partial charge >= 0.3 is 0 Å². The molecule has 0 spiro atoms. The van der Waals surface area contributed by atoms with Crippen LogP contribution in [0, 0.1) is 0 Å². The second kappa shape index (κ2) is 6.41. The van der Waals surface area contributed by atoms with Crippen molar-refractivity contribution in [2.24, 2.45) is 0 Å². The SMILES string of the molecule is COCCCNC(=O)CCc1nn2cnnc2s1. The Labute approximate surface area is 108 Å². The fourth-order valence-electron chi connectivity index (χ4n) is 1.46. The summed E-state index contributed by atoms with van der Waals surface area (Å²) in [6.45, 7) is 1.31. The molecule has 2 rings (SSSR count). The van der Waals surface area contributed by atoms with Crippen molar-refractivity contribution in [2.45, 2.75) is 19.3 Å². The molecule has 8 heteroatoms. The monoisotopic (exact) mass is 269 g/mol. The third-order valence-corrected chi connectivity index (χ3v) is 3.31. The first-order chi connectivity index (χ1) is 8.79. The smallest absolute Gasteiger partial charge is 0.234 e. The molecule has 0 aliphatic carbocycles. The number of carbonyl (C=O) groups excluding carboxylic acids is 1. The normalized spacial score (nSPS) is 10.9. The summed E-state index contributed by atoms with van der Waals surface area (Å²) in [7, 11) is 1.65. The maximum atomic E-state index is 11.5. The topological polar surface area (TPSA) is 81.4 Å².